The van der Waals surface area contributed by atoms with Crippen LogP contribution in [0.3, 0.4) is 0 Å². The fourth-order valence-electron chi connectivity index (χ4n) is 1.63. The van der Waals surface area contributed by atoms with Gasteiger partial charge in [-0.25, -0.2) is 0 Å². The summed E-state index contributed by atoms with van der Waals surface area (Å²) in [6.07, 6.45) is 4.72. The van der Waals surface area contributed by atoms with Crippen molar-refractivity contribution >= 4 is 0 Å². The highest BCUT2D eigenvalue weighted by molar-refractivity contribution is 4.68. The molecule has 13 heavy (non-hydrogen) atoms. The van der Waals surface area contributed by atoms with Crippen LogP contribution in [0.1, 0.15) is 25.7 Å². The summed E-state index contributed by atoms with van der Waals surface area (Å²) in [6.45, 7) is 3.78. The van der Waals surface area contributed by atoms with Crippen LogP contribution in [-0.2, 0) is 9.47 Å². The standard InChI is InChI=1S/C10H21NO2/c1-12-7-3-6-11-10-4-2-8-13-9-5-10/h10-11H,2-9H2,1H3. The van der Waals surface area contributed by atoms with Gasteiger partial charge in [0.2, 0.25) is 0 Å². The Balaban J connectivity index is 1.98. The minimum Gasteiger partial charge on any atom is -0.385 e. The summed E-state index contributed by atoms with van der Waals surface area (Å²) in [4.78, 5) is 0. The van der Waals surface area contributed by atoms with E-state index in [1.165, 1.54) is 12.8 Å². The summed E-state index contributed by atoms with van der Waals surface area (Å²) in [5.74, 6) is 0. The monoisotopic (exact) mass is 187 g/mol. The van der Waals surface area contributed by atoms with E-state index in [1.54, 1.807) is 7.11 Å². The first-order valence-electron chi connectivity index (χ1n) is 5.23. The van der Waals surface area contributed by atoms with E-state index in [0.717, 1.165) is 39.2 Å². The van der Waals surface area contributed by atoms with Crippen molar-refractivity contribution < 1.29 is 9.47 Å². The molecule has 0 aromatic carbocycles. The first kappa shape index (κ1) is 11.0. The Morgan fingerprint density at radius 1 is 1.38 bits per heavy atom. The lowest BCUT2D eigenvalue weighted by Crippen LogP contribution is -2.30. The molecule has 0 saturated carbocycles. The molecular weight excluding hydrogens is 166 g/mol. The van der Waals surface area contributed by atoms with Gasteiger partial charge in [-0.15, -0.1) is 0 Å². The summed E-state index contributed by atoms with van der Waals surface area (Å²) in [5.41, 5.74) is 0. The van der Waals surface area contributed by atoms with E-state index in [4.69, 9.17) is 9.47 Å². The molecule has 3 heteroatoms. The smallest absolute Gasteiger partial charge is 0.0480 e. The lowest BCUT2D eigenvalue weighted by Gasteiger charge is -2.14. The summed E-state index contributed by atoms with van der Waals surface area (Å²) >= 11 is 0. The average molecular weight is 187 g/mol. The zero-order valence-corrected chi connectivity index (χ0v) is 8.55. The van der Waals surface area contributed by atoms with Crippen molar-refractivity contribution in [1.82, 2.24) is 5.32 Å². The number of nitrogens with one attached hydrogen (secondary N) is 1. The van der Waals surface area contributed by atoms with Crippen LogP contribution in [0.2, 0.25) is 0 Å². The van der Waals surface area contributed by atoms with Gasteiger partial charge < -0.3 is 14.8 Å². The van der Waals surface area contributed by atoms with Gasteiger partial charge in [-0.05, 0) is 32.2 Å². The van der Waals surface area contributed by atoms with Crippen LogP contribution in [0.5, 0.6) is 0 Å². The lowest BCUT2D eigenvalue weighted by atomic mass is 10.1. The molecule has 78 valence electrons. The topological polar surface area (TPSA) is 30.5 Å². The minimum atomic E-state index is 0.666. The van der Waals surface area contributed by atoms with Gasteiger partial charge in [0, 0.05) is 33.0 Å². The summed E-state index contributed by atoms with van der Waals surface area (Å²) in [6, 6.07) is 0.666. The van der Waals surface area contributed by atoms with Gasteiger partial charge in [0.05, 0.1) is 0 Å². The highest BCUT2D eigenvalue weighted by Gasteiger charge is 2.10. The van der Waals surface area contributed by atoms with Crippen molar-refractivity contribution in [2.75, 3.05) is 33.5 Å². The molecule has 1 unspecified atom stereocenters. The predicted molar refractivity (Wildman–Crippen MR) is 53.0 cm³/mol. The van der Waals surface area contributed by atoms with Crippen LogP contribution in [0.25, 0.3) is 0 Å². The second kappa shape index (κ2) is 7.30. The minimum absolute atomic E-state index is 0.666. The molecule has 0 bridgehead atoms. The zero-order valence-electron chi connectivity index (χ0n) is 8.55. The highest BCUT2D eigenvalue weighted by Crippen LogP contribution is 2.07. The molecule has 0 aromatic rings. The van der Waals surface area contributed by atoms with Crippen LogP contribution in [0.4, 0.5) is 0 Å². The molecule has 1 aliphatic rings. The van der Waals surface area contributed by atoms with Gasteiger partial charge in [0.15, 0.2) is 0 Å². The van der Waals surface area contributed by atoms with Gasteiger partial charge in [-0.2, -0.15) is 0 Å². The molecule has 1 heterocycles. The van der Waals surface area contributed by atoms with Gasteiger partial charge in [0.1, 0.15) is 0 Å². The molecule has 1 aliphatic heterocycles. The second-order valence-electron chi connectivity index (χ2n) is 3.54. The van der Waals surface area contributed by atoms with E-state index >= 15 is 0 Å². The molecule has 0 aromatic heterocycles. The van der Waals surface area contributed by atoms with Crippen molar-refractivity contribution in [3.05, 3.63) is 0 Å². The second-order valence-corrected chi connectivity index (χ2v) is 3.54. The lowest BCUT2D eigenvalue weighted by molar-refractivity contribution is 0.142. The Morgan fingerprint density at radius 3 is 3.15 bits per heavy atom. The van der Waals surface area contributed by atoms with Crippen molar-refractivity contribution in [2.24, 2.45) is 0 Å². The third kappa shape index (κ3) is 5.24. The van der Waals surface area contributed by atoms with Gasteiger partial charge in [-0.1, -0.05) is 0 Å². The fourth-order valence-corrected chi connectivity index (χ4v) is 1.63. The third-order valence-corrected chi connectivity index (χ3v) is 2.41. The molecular formula is C10H21NO2. The maximum absolute atomic E-state index is 5.39. The Hall–Kier alpha value is -0.120. The quantitative estimate of drug-likeness (QED) is 0.656. The van der Waals surface area contributed by atoms with Crippen molar-refractivity contribution in [1.29, 1.82) is 0 Å². The zero-order chi connectivity index (χ0) is 9.36. The number of methoxy groups -OCH3 is 1. The molecule has 0 radical (unpaired) electrons. The van der Waals surface area contributed by atoms with Crippen LogP contribution in [0, 0.1) is 0 Å². The molecule has 1 rings (SSSR count). The first-order chi connectivity index (χ1) is 6.43. The number of ether oxygens (including phenoxy) is 2. The van der Waals surface area contributed by atoms with Crippen molar-refractivity contribution in [2.45, 2.75) is 31.7 Å². The first-order valence-corrected chi connectivity index (χ1v) is 5.23. The van der Waals surface area contributed by atoms with E-state index in [-0.39, 0.29) is 0 Å². The summed E-state index contributed by atoms with van der Waals surface area (Å²) in [7, 11) is 1.75. The van der Waals surface area contributed by atoms with Gasteiger partial charge in [-0.3, -0.25) is 0 Å². The molecule has 1 fully saturated rings. The highest BCUT2D eigenvalue weighted by atomic mass is 16.5. The Morgan fingerprint density at radius 2 is 2.31 bits per heavy atom. The summed E-state index contributed by atoms with van der Waals surface area (Å²) in [5, 5.41) is 3.54. The fraction of sp³-hybridized carbons (Fsp3) is 1.00. The van der Waals surface area contributed by atoms with Crippen molar-refractivity contribution in [3.63, 3.8) is 0 Å². The number of hydrogen-bond acceptors (Lipinski definition) is 3. The number of rotatable bonds is 5. The molecule has 1 saturated heterocycles. The molecule has 0 aliphatic carbocycles. The Kier molecular flexibility index (Phi) is 6.15. The third-order valence-electron chi connectivity index (χ3n) is 2.41. The largest absolute Gasteiger partial charge is 0.385 e. The van der Waals surface area contributed by atoms with Crippen molar-refractivity contribution in [3.8, 4) is 0 Å². The van der Waals surface area contributed by atoms with E-state index in [2.05, 4.69) is 5.32 Å². The van der Waals surface area contributed by atoms with Gasteiger partial charge >= 0.3 is 0 Å². The maximum atomic E-state index is 5.39. The van der Waals surface area contributed by atoms with E-state index in [1.807, 2.05) is 0 Å². The number of hydrogen-bond donors (Lipinski definition) is 1. The average Bonchev–Trinajstić information content (AvgIpc) is 2.41. The van der Waals surface area contributed by atoms with E-state index in [9.17, 15) is 0 Å². The molecule has 3 nitrogen and oxygen atoms in total. The SMILES string of the molecule is COCCCNC1CCCOCC1. The van der Waals surface area contributed by atoms with E-state index in [0.29, 0.717) is 6.04 Å². The molecule has 0 amide bonds. The van der Waals surface area contributed by atoms with Crippen LogP contribution >= 0.6 is 0 Å². The van der Waals surface area contributed by atoms with Gasteiger partial charge in [0.25, 0.3) is 0 Å². The molecule has 1 N–H and O–H groups in total. The Bertz CT molecular complexity index is 111. The van der Waals surface area contributed by atoms with Crippen LogP contribution in [-0.4, -0.2) is 39.5 Å². The summed E-state index contributed by atoms with van der Waals surface area (Å²) < 4.78 is 10.4. The normalized spacial score (nSPS) is 24.2. The van der Waals surface area contributed by atoms with E-state index < -0.39 is 0 Å². The molecule has 0 spiro atoms. The Labute approximate surface area is 80.8 Å². The molecule has 1 atom stereocenters. The maximum Gasteiger partial charge on any atom is 0.0480 e. The van der Waals surface area contributed by atoms with Crippen LogP contribution in [0.15, 0.2) is 0 Å². The predicted octanol–water partition coefficient (Wildman–Crippen LogP) is 1.18. The van der Waals surface area contributed by atoms with Crippen LogP contribution < -0.4 is 5.32 Å².